The van der Waals surface area contributed by atoms with Crippen LogP contribution >= 0.6 is 11.6 Å². The molecular weight excluding hydrogens is 408 g/mol. The zero-order valence-electron chi connectivity index (χ0n) is 18.1. The standard InChI is InChI=1S/C25H29ClN4O/c1-2-18-5-8-23-22(17-18)25-28-27-24(30(25)15-16-31-23)20-10-13-29(14-11-20)12-9-19-3-6-21(26)7-4-19/h3-8,17,20H,2,9-16H2,1H3. The molecule has 3 aromatic rings. The van der Waals surface area contributed by atoms with Crippen LogP contribution in [0.1, 0.15) is 42.6 Å². The van der Waals surface area contributed by atoms with Crippen molar-refractivity contribution in [2.24, 2.45) is 0 Å². The summed E-state index contributed by atoms with van der Waals surface area (Å²) in [4.78, 5) is 2.57. The number of halogens is 1. The number of benzene rings is 2. The van der Waals surface area contributed by atoms with Crippen LogP contribution in [0.4, 0.5) is 0 Å². The fourth-order valence-electron chi connectivity index (χ4n) is 4.73. The van der Waals surface area contributed by atoms with E-state index in [1.807, 2.05) is 12.1 Å². The molecule has 0 radical (unpaired) electrons. The lowest BCUT2D eigenvalue weighted by Crippen LogP contribution is -2.35. The molecule has 2 aliphatic heterocycles. The maximum atomic E-state index is 6.02. The summed E-state index contributed by atoms with van der Waals surface area (Å²) in [6.45, 7) is 6.95. The zero-order valence-corrected chi connectivity index (χ0v) is 18.8. The predicted octanol–water partition coefficient (Wildman–Crippen LogP) is 4.98. The molecule has 5 rings (SSSR count). The van der Waals surface area contributed by atoms with Gasteiger partial charge in [-0.1, -0.05) is 36.7 Å². The summed E-state index contributed by atoms with van der Waals surface area (Å²) >= 11 is 6.00. The van der Waals surface area contributed by atoms with Gasteiger partial charge in [0.1, 0.15) is 18.2 Å². The summed E-state index contributed by atoms with van der Waals surface area (Å²) < 4.78 is 8.33. The van der Waals surface area contributed by atoms with Crippen molar-refractivity contribution in [2.45, 2.75) is 45.1 Å². The number of aryl methyl sites for hydroxylation is 1. The Morgan fingerprint density at radius 1 is 1.00 bits per heavy atom. The molecule has 0 amide bonds. The highest BCUT2D eigenvalue weighted by Gasteiger charge is 2.28. The van der Waals surface area contributed by atoms with Crippen LogP contribution in [0.2, 0.25) is 5.02 Å². The lowest BCUT2D eigenvalue weighted by Gasteiger charge is -2.31. The number of piperidine rings is 1. The van der Waals surface area contributed by atoms with Gasteiger partial charge < -0.3 is 14.2 Å². The first-order chi connectivity index (χ1) is 15.2. The first-order valence-corrected chi connectivity index (χ1v) is 11.7. The van der Waals surface area contributed by atoms with Crippen LogP contribution < -0.4 is 4.74 Å². The van der Waals surface area contributed by atoms with Gasteiger partial charge in [0.05, 0.1) is 12.1 Å². The van der Waals surface area contributed by atoms with E-state index in [1.165, 1.54) is 11.1 Å². The molecule has 0 N–H and O–H groups in total. The fourth-order valence-corrected chi connectivity index (χ4v) is 4.86. The molecule has 31 heavy (non-hydrogen) atoms. The first kappa shape index (κ1) is 20.5. The van der Waals surface area contributed by atoms with Crippen LogP contribution in [0.25, 0.3) is 11.4 Å². The van der Waals surface area contributed by atoms with Gasteiger partial charge in [0.2, 0.25) is 0 Å². The van der Waals surface area contributed by atoms with E-state index in [9.17, 15) is 0 Å². The Hall–Kier alpha value is -2.37. The minimum Gasteiger partial charge on any atom is -0.491 e. The second kappa shape index (κ2) is 9.01. The number of hydrogen-bond acceptors (Lipinski definition) is 4. The van der Waals surface area contributed by atoms with Crippen molar-refractivity contribution in [3.63, 3.8) is 0 Å². The third-order valence-electron chi connectivity index (χ3n) is 6.63. The highest BCUT2D eigenvalue weighted by Crippen LogP contribution is 2.35. The smallest absolute Gasteiger partial charge is 0.167 e. The highest BCUT2D eigenvalue weighted by atomic mass is 35.5. The van der Waals surface area contributed by atoms with E-state index in [4.69, 9.17) is 16.3 Å². The molecule has 2 aromatic carbocycles. The van der Waals surface area contributed by atoms with Gasteiger partial charge in [-0.05, 0) is 74.2 Å². The van der Waals surface area contributed by atoms with E-state index >= 15 is 0 Å². The zero-order chi connectivity index (χ0) is 21.2. The van der Waals surface area contributed by atoms with Gasteiger partial charge in [0, 0.05) is 17.5 Å². The van der Waals surface area contributed by atoms with E-state index in [2.05, 4.69) is 56.9 Å². The summed E-state index contributed by atoms with van der Waals surface area (Å²) in [7, 11) is 0. The molecule has 0 saturated carbocycles. The summed E-state index contributed by atoms with van der Waals surface area (Å²) in [5.41, 5.74) is 3.73. The van der Waals surface area contributed by atoms with Crippen molar-refractivity contribution in [3.05, 3.63) is 64.4 Å². The number of rotatable bonds is 5. The van der Waals surface area contributed by atoms with Crippen LogP contribution in [0.5, 0.6) is 5.75 Å². The molecule has 1 aromatic heterocycles. The largest absolute Gasteiger partial charge is 0.491 e. The third-order valence-corrected chi connectivity index (χ3v) is 6.88. The molecule has 0 unspecified atom stereocenters. The molecule has 0 spiro atoms. The minimum absolute atomic E-state index is 0.462. The minimum atomic E-state index is 0.462. The van der Waals surface area contributed by atoms with Crippen molar-refractivity contribution in [2.75, 3.05) is 26.2 Å². The lowest BCUT2D eigenvalue weighted by molar-refractivity contribution is 0.208. The first-order valence-electron chi connectivity index (χ1n) is 11.4. The maximum Gasteiger partial charge on any atom is 0.167 e. The van der Waals surface area contributed by atoms with Crippen LogP contribution in [0.3, 0.4) is 0 Å². The monoisotopic (exact) mass is 436 g/mol. The summed E-state index contributed by atoms with van der Waals surface area (Å²) in [6.07, 6.45) is 4.32. The number of hydrogen-bond donors (Lipinski definition) is 0. The van der Waals surface area contributed by atoms with Gasteiger partial charge in [-0.2, -0.15) is 0 Å². The quantitative estimate of drug-likeness (QED) is 0.566. The number of fused-ring (bicyclic) bond motifs is 3. The van der Waals surface area contributed by atoms with Gasteiger partial charge >= 0.3 is 0 Å². The molecule has 6 heteroatoms. The van der Waals surface area contributed by atoms with Crippen LogP contribution in [-0.4, -0.2) is 45.9 Å². The Morgan fingerprint density at radius 3 is 2.55 bits per heavy atom. The van der Waals surface area contributed by atoms with E-state index in [0.717, 1.165) is 79.8 Å². The molecule has 0 atom stereocenters. The Bertz CT molecular complexity index is 1040. The Balaban J connectivity index is 1.26. The normalized spacial score (nSPS) is 17.0. The van der Waals surface area contributed by atoms with Crippen molar-refractivity contribution in [1.29, 1.82) is 0 Å². The summed E-state index contributed by atoms with van der Waals surface area (Å²) in [6, 6.07) is 14.7. The second-order valence-electron chi connectivity index (χ2n) is 8.56. The second-order valence-corrected chi connectivity index (χ2v) is 8.99. The Labute approximate surface area is 189 Å². The van der Waals surface area contributed by atoms with E-state index in [0.29, 0.717) is 12.5 Å². The summed E-state index contributed by atoms with van der Waals surface area (Å²) in [5.74, 6) is 3.48. The predicted molar refractivity (Wildman–Crippen MR) is 124 cm³/mol. The molecule has 5 nitrogen and oxygen atoms in total. The average Bonchev–Trinajstić information content (AvgIpc) is 3.14. The van der Waals surface area contributed by atoms with Gasteiger partial charge in [0.15, 0.2) is 5.82 Å². The number of aromatic nitrogens is 3. The Morgan fingerprint density at radius 2 is 1.77 bits per heavy atom. The number of ether oxygens (including phenoxy) is 1. The average molecular weight is 437 g/mol. The van der Waals surface area contributed by atoms with Crippen LogP contribution in [0.15, 0.2) is 42.5 Å². The summed E-state index contributed by atoms with van der Waals surface area (Å²) in [5, 5.41) is 10.1. The van der Waals surface area contributed by atoms with Crippen molar-refractivity contribution in [3.8, 4) is 17.1 Å². The van der Waals surface area contributed by atoms with Crippen molar-refractivity contribution >= 4 is 11.6 Å². The SMILES string of the molecule is CCc1ccc2c(c1)-c1nnc(C3CCN(CCc4ccc(Cl)cc4)CC3)n1CCO2. The van der Waals surface area contributed by atoms with E-state index in [-0.39, 0.29) is 0 Å². The molecule has 0 aliphatic carbocycles. The highest BCUT2D eigenvalue weighted by molar-refractivity contribution is 6.30. The number of nitrogens with zero attached hydrogens (tertiary/aromatic N) is 4. The Kier molecular flexibility index (Phi) is 5.97. The molecule has 2 aliphatic rings. The van der Waals surface area contributed by atoms with Crippen LogP contribution in [0, 0.1) is 0 Å². The topological polar surface area (TPSA) is 43.2 Å². The third kappa shape index (κ3) is 4.35. The van der Waals surface area contributed by atoms with E-state index < -0.39 is 0 Å². The van der Waals surface area contributed by atoms with Gasteiger partial charge in [-0.3, -0.25) is 0 Å². The lowest BCUT2D eigenvalue weighted by atomic mass is 9.95. The van der Waals surface area contributed by atoms with Crippen molar-refractivity contribution < 1.29 is 4.74 Å². The molecule has 3 heterocycles. The van der Waals surface area contributed by atoms with Crippen LogP contribution in [-0.2, 0) is 19.4 Å². The fraction of sp³-hybridized carbons (Fsp3) is 0.440. The van der Waals surface area contributed by atoms with Crippen molar-refractivity contribution in [1.82, 2.24) is 19.7 Å². The molecule has 162 valence electrons. The van der Waals surface area contributed by atoms with E-state index in [1.54, 1.807) is 0 Å². The molecule has 1 fully saturated rings. The van der Waals surface area contributed by atoms with Gasteiger partial charge in [-0.25, -0.2) is 0 Å². The van der Waals surface area contributed by atoms with Gasteiger partial charge in [0.25, 0.3) is 0 Å². The molecule has 1 saturated heterocycles. The van der Waals surface area contributed by atoms with Gasteiger partial charge in [-0.15, -0.1) is 10.2 Å². The molecular formula is C25H29ClN4O. The molecule has 0 bridgehead atoms. The number of likely N-dealkylation sites (tertiary alicyclic amines) is 1. The maximum absolute atomic E-state index is 6.02.